The monoisotopic (exact) mass is 510 g/mol. The predicted octanol–water partition coefficient (Wildman–Crippen LogP) is 8.11. The maximum atomic E-state index is 13.2. The first kappa shape index (κ1) is 31.5. The van der Waals surface area contributed by atoms with Gasteiger partial charge in [-0.2, -0.15) is 5.26 Å². The number of Topliss-reactive ketones (excluding diaryl/α,β-unsaturated/α-hetero) is 1. The van der Waals surface area contributed by atoms with Crippen molar-refractivity contribution in [3.63, 3.8) is 0 Å². The highest BCUT2D eigenvalue weighted by molar-refractivity contribution is 6.04. The number of nitrogens with two attached hydrogens (primary N) is 1. The summed E-state index contributed by atoms with van der Waals surface area (Å²) in [4.78, 5) is 25.8. The molecular formula is C33H54N2O2. The molecule has 2 aliphatic carbocycles. The summed E-state index contributed by atoms with van der Waals surface area (Å²) in [5.41, 5.74) is 6.64. The summed E-state index contributed by atoms with van der Waals surface area (Å²) >= 11 is 0. The van der Waals surface area contributed by atoms with Gasteiger partial charge in [0.05, 0.1) is 5.57 Å². The second-order valence-corrected chi connectivity index (χ2v) is 15.0. The summed E-state index contributed by atoms with van der Waals surface area (Å²) in [5.74, 6) is -0.0191. The van der Waals surface area contributed by atoms with Gasteiger partial charge in [0.2, 0.25) is 0 Å². The van der Waals surface area contributed by atoms with Crippen LogP contribution in [0.25, 0.3) is 0 Å². The second-order valence-electron chi connectivity index (χ2n) is 15.0. The third kappa shape index (κ3) is 6.13. The molecule has 4 nitrogen and oxygen atoms in total. The summed E-state index contributed by atoms with van der Waals surface area (Å²) in [7, 11) is 0. The summed E-state index contributed by atoms with van der Waals surface area (Å²) < 4.78 is 0. The number of carbonyl (C=O) groups excluding carboxylic acids is 2. The lowest BCUT2D eigenvalue weighted by atomic mass is 9.42. The molecule has 0 aromatic carbocycles. The molecule has 0 heterocycles. The molecule has 0 aromatic heterocycles. The highest BCUT2D eigenvalue weighted by Gasteiger charge is 2.61. The first-order chi connectivity index (χ1) is 16.7. The number of carbonyl (C=O) groups is 2. The van der Waals surface area contributed by atoms with Crippen LogP contribution in [0.5, 0.6) is 0 Å². The molecule has 2 rings (SSSR count). The van der Waals surface area contributed by atoms with Gasteiger partial charge in [0.25, 0.3) is 0 Å². The molecule has 0 saturated heterocycles. The van der Waals surface area contributed by atoms with Crippen molar-refractivity contribution in [1.29, 1.82) is 5.26 Å². The van der Waals surface area contributed by atoms with E-state index in [1.165, 1.54) is 12.8 Å². The summed E-state index contributed by atoms with van der Waals surface area (Å²) in [6.07, 6.45) is 11.8. The van der Waals surface area contributed by atoms with Gasteiger partial charge in [-0.15, -0.1) is 0 Å². The minimum Gasteiger partial charge on any atom is -0.325 e. The number of fused-ring (bicyclic) bond motifs is 1. The van der Waals surface area contributed by atoms with Gasteiger partial charge in [0, 0.05) is 16.4 Å². The molecule has 4 heteroatoms. The highest BCUT2D eigenvalue weighted by Crippen LogP contribution is 2.66. The number of nitriles is 1. The Labute approximate surface area is 227 Å². The summed E-state index contributed by atoms with van der Waals surface area (Å²) in [6, 6.07) is 2.17. The molecule has 0 spiro atoms. The number of ketones is 2. The van der Waals surface area contributed by atoms with Gasteiger partial charge in [0.1, 0.15) is 6.07 Å². The van der Waals surface area contributed by atoms with Crippen LogP contribution in [-0.4, -0.2) is 17.1 Å². The molecule has 4 atom stereocenters. The lowest BCUT2D eigenvalue weighted by Gasteiger charge is -2.61. The molecule has 0 bridgehead atoms. The minimum atomic E-state index is -0.656. The molecular weight excluding hydrogens is 456 g/mol. The van der Waals surface area contributed by atoms with Crippen LogP contribution in [0, 0.1) is 44.3 Å². The van der Waals surface area contributed by atoms with E-state index in [0.717, 1.165) is 44.1 Å². The van der Waals surface area contributed by atoms with E-state index in [1.807, 2.05) is 26.0 Å². The zero-order valence-corrected chi connectivity index (χ0v) is 25.7. The Morgan fingerprint density at radius 2 is 1.65 bits per heavy atom. The van der Waals surface area contributed by atoms with E-state index in [1.54, 1.807) is 6.92 Å². The van der Waals surface area contributed by atoms with Gasteiger partial charge in [-0.05, 0) is 87.0 Å². The zero-order valence-electron chi connectivity index (χ0n) is 25.7. The fourth-order valence-corrected chi connectivity index (χ4v) is 7.54. The van der Waals surface area contributed by atoms with Gasteiger partial charge in [-0.25, -0.2) is 0 Å². The average molecular weight is 511 g/mol. The van der Waals surface area contributed by atoms with Crippen LogP contribution in [0.3, 0.4) is 0 Å². The Balaban J connectivity index is 2.45. The number of rotatable bonds is 10. The third-order valence-corrected chi connectivity index (χ3v) is 10.6. The molecule has 0 amide bonds. The topological polar surface area (TPSA) is 83.9 Å². The molecule has 0 unspecified atom stereocenters. The van der Waals surface area contributed by atoms with Crippen LogP contribution < -0.4 is 5.73 Å². The van der Waals surface area contributed by atoms with Crippen LogP contribution in [0.2, 0.25) is 0 Å². The number of allylic oxidation sites excluding steroid dienone is 4. The molecule has 0 radical (unpaired) electrons. The molecule has 208 valence electrons. The number of hydrogen-bond acceptors (Lipinski definition) is 4. The molecule has 1 fully saturated rings. The molecule has 37 heavy (non-hydrogen) atoms. The van der Waals surface area contributed by atoms with Gasteiger partial charge in [-0.3, -0.25) is 9.59 Å². The highest BCUT2D eigenvalue weighted by atomic mass is 16.1. The first-order valence-corrected chi connectivity index (χ1v) is 14.4. The van der Waals surface area contributed by atoms with E-state index in [2.05, 4.69) is 61.5 Å². The quantitative estimate of drug-likeness (QED) is 0.301. The Morgan fingerprint density at radius 1 is 1.08 bits per heavy atom. The van der Waals surface area contributed by atoms with E-state index in [9.17, 15) is 14.9 Å². The standard InChI is InChI=1S/C33H54N2O2/c1-12-14-28(3,4)16-18-31(9,35)19-17-29(5,6)33(11)15-13-25-30(7,8)27(37)24(22-34)21-32(25,10)26(33)20-23(2)36/h20-21,25H,12-19,35H2,1-11H3/b26-20-/t25-,31-,32-,33+/m0/s1. The molecule has 1 saturated carbocycles. The maximum absolute atomic E-state index is 13.2. The Morgan fingerprint density at radius 3 is 2.16 bits per heavy atom. The molecule has 0 aliphatic heterocycles. The number of hydrogen-bond donors (Lipinski definition) is 1. The van der Waals surface area contributed by atoms with Crippen molar-refractivity contribution in [3.05, 3.63) is 23.3 Å². The van der Waals surface area contributed by atoms with Crippen molar-refractivity contribution in [2.24, 2.45) is 38.7 Å². The van der Waals surface area contributed by atoms with E-state index in [0.29, 0.717) is 5.41 Å². The molecule has 2 aliphatic rings. The normalized spacial score (nSPS) is 30.8. The Hall–Kier alpha value is -1.73. The summed E-state index contributed by atoms with van der Waals surface area (Å²) in [6.45, 7) is 23.7. The van der Waals surface area contributed by atoms with Gasteiger partial charge >= 0.3 is 0 Å². The molecule has 0 aromatic rings. The van der Waals surface area contributed by atoms with Crippen molar-refractivity contribution < 1.29 is 9.59 Å². The Bertz CT molecular complexity index is 1000. The van der Waals surface area contributed by atoms with Crippen LogP contribution in [-0.2, 0) is 9.59 Å². The van der Waals surface area contributed by atoms with E-state index < -0.39 is 10.8 Å². The van der Waals surface area contributed by atoms with Crippen LogP contribution in [0.1, 0.15) is 128 Å². The Kier molecular flexibility index (Phi) is 8.89. The average Bonchev–Trinajstić information content (AvgIpc) is 2.76. The predicted molar refractivity (Wildman–Crippen MR) is 154 cm³/mol. The maximum Gasteiger partial charge on any atom is 0.178 e. The SMILES string of the molecule is CCCC(C)(C)CC[C@](C)(N)CCC(C)(C)[C@]1(C)CC[C@H]2C(C)(C)C(=O)C(C#N)=C[C@]2(C)/C1=C/C(C)=O. The van der Waals surface area contributed by atoms with Gasteiger partial charge < -0.3 is 5.73 Å². The fourth-order valence-electron chi connectivity index (χ4n) is 7.54. The smallest absolute Gasteiger partial charge is 0.178 e. The largest absolute Gasteiger partial charge is 0.325 e. The zero-order chi connectivity index (χ0) is 28.7. The van der Waals surface area contributed by atoms with E-state index >= 15 is 0 Å². The lowest BCUT2D eigenvalue weighted by molar-refractivity contribution is -0.131. The van der Waals surface area contributed by atoms with Crippen LogP contribution in [0.4, 0.5) is 0 Å². The second kappa shape index (κ2) is 10.4. The fraction of sp³-hybridized carbons (Fsp3) is 0.788. The van der Waals surface area contributed by atoms with Crippen molar-refractivity contribution in [2.45, 2.75) is 133 Å². The van der Waals surface area contributed by atoms with Crippen LogP contribution in [0.15, 0.2) is 23.3 Å². The van der Waals surface area contributed by atoms with Crippen molar-refractivity contribution in [3.8, 4) is 6.07 Å². The van der Waals surface area contributed by atoms with Crippen molar-refractivity contribution in [1.82, 2.24) is 0 Å². The van der Waals surface area contributed by atoms with Crippen molar-refractivity contribution >= 4 is 11.6 Å². The van der Waals surface area contributed by atoms with Gasteiger partial charge in [0.15, 0.2) is 11.6 Å². The number of nitrogens with zero attached hydrogens (tertiary/aromatic N) is 1. The summed E-state index contributed by atoms with van der Waals surface area (Å²) in [5, 5.41) is 9.83. The van der Waals surface area contributed by atoms with Crippen LogP contribution >= 0.6 is 0 Å². The van der Waals surface area contributed by atoms with Gasteiger partial charge in [-0.1, -0.05) is 80.4 Å². The lowest BCUT2D eigenvalue weighted by Crippen LogP contribution is -2.56. The minimum absolute atomic E-state index is 0.0160. The first-order valence-electron chi connectivity index (χ1n) is 14.4. The van der Waals surface area contributed by atoms with E-state index in [-0.39, 0.29) is 39.4 Å². The van der Waals surface area contributed by atoms with Crippen molar-refractivity contribution in [2.75, 3.05) is 0 Å². The molecule has 2 N–H and O–H groups in total. The van der Waals surface area contributed by atoms with E-state index in [4.69, 9.17) is 5.73 Å². The third-order valence-electron chi connectivity index (χ3n) is 10.6.